The van der Waals surface area contributed by atoms with Gasteiger partial charge in [-0.25, -0.2) is 8.42 Å². The molecule has 1 fully saturated rings. The van der Waals surface area contributed by atoms with E-state index in [0.717, 1.165) is 11.3 Å². The zero-order valence-corrected chi connectivity index (χ0v) is 15.7. The van der Waals surface area contributed by atoms with Crippen molar-refractivity contribution in [1.82, 2.24) is 4.31 Å². The van der Waals surface area contributed by atoms with Crippen molar-refractivity contribution < 1.29 is 8.42 Å². The molecule has 25 heavy (non-hydrogen) atoms. The van der Waals surface area contributed by atoms with E-state index in [1.54, 1.807) is 16.4 Å². The van der Waals surface area contributed by atoms with Crippen LogP contribution in [0.1, 0.15) is 25.0 Å². The number of aryl methyl sites for hydroxylation is 1. The highest BCUT2D eigenvalue weighted by Gasteiger charge is 2.49. The number of para-hydroxylation sites is 1. The lowest BCUT2D eigenvalue weighted by atomic mass is 9.68. The Bertz CT molecular complexity index is 904. The summed E-state index contributed by atoms with van der Waals surface area (Å²) in [5.41, 5.74) is 3.39. The third-order valence-electron chi connectivity index (χ3n) is 5.83. The summed E-state index contributed by atoms with van der Waals surface area (Å²) < 4.78 is 27.8. The second-order valence-electron chi connectivity index (χ2n) is 7.76. The molecule has 5 heteroatoms. The number of benzene rings is 2. The molecule has 2 atom stereocenters. The summed E-state index contributed by atoms with van der Waals surface area (Å²) in [5.74, 6) is 0.252. The minimum atomic E-state index is -3.46. The number of fused-ring (bicyclic) bond motifs is 2. The van der Waals surface area contributed by atoms with Gasteiger partial charge in [0.25, 0.3) is 0 Å². The van der Waals surface area contributed by atoms with Gasteiger partial charge in [0, 0.05) is 30.7 Å². The van der Waals surface area contributed by atoms with Gasteiger partial charge >= 0.3 is 0 Å². The topological polar surface area (TPSA) is 49.4 Å². The summed E-state index contributed by atoms with van der Waals surface area (Å²) >= 11 is 0. The highest BCUT2D eigenvalue weighted by Crippen LogP contribution is 2.46. The monoisotopic (exact) mass is 356 g/mol. The molecular weight excluding hydrogens is 332 g/mol. The van der Waals surface area contributed by atoms with Crippen LogP contribution in [-0.2, 0) is 15.4 Å². The molecule has 0 radical (unpaired) electrons. The fourth-order valence-corrected chi connectivity index (χ4v) is 5.76. The Kier molecular flexibility index (Phi) is 3.71. The van der Waals surface area contributed by atoms with Gasteiger partial charge < -0.3 is 5.32 Å². The molecule has 0 unspecified atom stereocenters. The average Bonchev–Trinajstić information content (AvgIpc) is 3.01. The fourth-order valence-electron chi connectivity index (χ4n) is 4.27. The highest BCUT2D eigenvalue weighted by molar-refractivity contribution is 7.89. The Balaban J connectivity index is 1.67. The van der Waals surface area contributed by atoms with E-state index < -0.39 is 10.0 Å². The molecule has 0 aromatic heterocycles. The number of hydrogen-bond acceptors (Lipinski definition) is 3. The average molecular weight is 356 g/mol. The summed E-state index contributed by atoms with van der Waals surface area (Å²) in [7, 11) is -3.46. The van der Waals surface area contributed by atoms with Crippen LogP contribution in [-0.4, -0.2) is 31.9 Å². The first-order valence-corrected chi connectivity index (χ1v) is 10.2. The number of sulfonamides is 1. The van der Waals surface area contributed by atoms with Crippen molar-refractivity contribution in [2.24, 2.45) is 5.92 Å². The number of nitrogens with zero attached hydrogens (tertiary/aromatic N) is 1. The van der Waals surface area contributed by atoms with Gasteiger partial charge in [-0.3, -0.25) is 0 Å². The van der Waals surface area contributed by atoms with Crippen LogP contribution < -0.4 is 5.32 Å². The van der Waals surface area contributed by atoms with Crippen molar-refractivity contribution in [2.75, 3.05) is 18.4 Å². The van der Waals surface area contributed by atoms with Crippen LogP contribution in [0.15, 0.2) is 53.4 Å². The number of nitrogens with one attached hydrogen (secondary N) is 1. The minimum Gasteiger partial charge on any atom is -0.380 e. The van der Waals surface area contributed by atoms with Gasteiger partial charge in [-0.05, 0) is 36.1 Å². The Morgan fingerprint density at radius 2 is 1.72 bits per heavy atom. The lowest BCUT2D eigenvalue weighted by Crippen LogP contribution is -2.45. The maximum Gasteiger partial charge on any atom is 0.243 e. The van der Waals surface area contributed by atoms with Gasteiger partial charge in [0.15, 0.2) is 0 Å². The molecule has 1 saturated heterocycles. The zero-order chi connectivity index (χ0) is 17.8. The smallest absolute Gasteiger partial charge is 0.243 e. The molecule has 1 N–H and O–H groups in total. The third kappa shape index (κ3) is 2.57. The van der Waals surface area contributed by atoms with Crippen LogP contribution in [0.5, 0.6) is 0 Å². The predicted molar refractivity (Wildman–Crippen MR) is 100 cm³/mol. The zero-order valence-electron chi connectivity index (χ0n) is 14.9. The molecule has 0 amide bonds. The molecule has 2 aliphatic rings. The van der Waals surface area contributed by atoms with Crippen molar-refractivity contribution in [2.45, 2.75) is 37.1 Å². The van der Waals surface area contributed by atoms with Gasteiger partial charge in [-0.1, -0.05) is 49.7 Å². The van der Waals surface area contributed by atoms with Crippen LogP contribution in [0.2, 0.25) is 0 Å². The van der Waals surface area contributed by atoms with Crippen LogP contribution >= 0.6 is 0 Å². The SMILES string of the molecule is Cc1ccc(S(=O)(=O)N2C[C@@H]3Nc4ccccc4C(C)(C)[C@H]3C2)cc1. The third-order valence-corrected chi connectivity index (χ3v) is 7.68. The van der Waals surface area contributed by atoms with E-state index in [9.17, 15) is 8.42 Å². The van der Waals surface area contributed by atoms with E-state index in [1.165, 1.54) is 5.56 Å². The Labute approximate surface area is 149 Å². The first-order chi connectivity index (χ1) is 11.8. The van der Waals surface area contributed by atoms with E-state index in [2.05, 4.69) is 37.4 Å². The standard InChI is InChI=1S/C20H24N2O2S/c1-14-8-10-15(11-9-14)25(23,24)22-12-17-19(13-22)21-18-7-5-4-6-16(18)20(17,2)3/h4-11,17,19,21H,12-13H2,1-3H3/t17-,19-/m0/s1. The van der Waals surface area contributed by atoms with Gasteiger partial charge in [0.2, 0.25) is 10.0 Å². The van der Waals surface area contributed by atoms with Gasteiger partial charge in [0.1, 0.15) is 0 Å². The van der Waals surface area contributed by atoms with Crippen LogP contribution in [0.25, 0.3) is 0 Å². The lowest BCUT2D eigenvalue weighted by Gasteiger charge is -2.42. The predicted octanol–water partition coefficient (Wildman–Crippen LogP) is 3.39. The molecule has 0 saturated carbocycles. The molecule has 132 valence electrons. The highest BCUT2D eigenvalue weighted by atomic mass is 32.2. The fraction of sp³-hybridized carbons (Fsp3) is 0.400. The summed E-state index contributed by atoms with van der Waals surface area (Å²) in [6, 6.07) is 15.6. The largest absolute Gasteiger partial charge is 0.380 e. The molecule has 4 rings (SSSR count). The van der Waals surface area contributed by atoms with Crippen LogP contribution in [0.3, 0.4) is 0 Å². The first kappa shape index (κ1) is 16.6. The normalized spacial score (nSPS) is 25.1. The molecular formula is C20H24N2O2S. The summed E-state index contributed by atoms with van der Waals surface area (Å²) in [6.07, 6.45) is 0. The molecule has 2 aromatic carbocycles. The summed E-state index contributed by atoms with van der Waals surface area (Å²) in [5, 5.41) is 3.57. The molecule has 2 aromatic rings. The Morgan fingerprint density at radius 3 is 2.44 bits per heavy atom. The molecule has 2 aliphatic heterocycles. The molecule has 0 aliphatic carbocycles. The summed E-state index contributed by atoms with van der Waals surface area (Å²) in [6.45, 7) is 7.48. The lowest BCUT2D eigenvalue weighted by molar-refractivity contribution is 0.305. The number of anilines is 1. The van der Waals surface area contributed by atoms with E-state index >= 15 is 0 Å². The molecule has 2 heterocycles. The van der Waals surface area contributed by atoms with Crippen LogP contribution in [0, 0.1) is 12.8 Å². The van der Waals surface area contributed by atoms with Gasteiger partial charge in [0.05, 0.1) is 4.90 Å². The van der Waals surface area contributed by atoms with Crippen molar-refractivity contribution in [1.29, 1.82) is 0 Å². The van der Waals surface area contributed by atoms with Gasteiger partial charge in [-0.2, -0.15) is 4.31 Å². The second kappa shape index (κ2) is 5.58. The van der Waals surface area contributed by atoms with E-state index in [4.69, 9.17) is 0 Å². The maximum absolute atomic E-state index is 13.1. The minimum absolute atomic E-state index is 0.0654. The second-order valence-corrected chi connectivity index (χ2v) is 9.70. The number of rotatable bonds is 2. The maximum atomic E-state index is 13.1. The molecule has 4 nitrogen and oxygen atoms in total. The van der Waals surface area contributed by atoms with Crippen molar-refractivity contribution in [3.05, 3.63) is 59.7 Å². The molecule has 0 spiro atoms. The van der Waals surface area contributed by atoms with E-state index in [-0.39, 0.29) is 17.4 Å². The summed E-state index contributed by atoms with van der Waals surface area (Å²) in [4.78, 5) is 0.382. The first-order valence-electron chi connectivity index (χ1n) is 8.73. The van der Waals surface area contributed by atoms with Crippen LogP contribution in [0.4, 0.5) is 5.69 Å². The quantitative estimate of drug-likeness (QED) is 0.897. The van der Waals surface area contributed by atoms with Crippen molar-refractivity contribution in [3.63, 3.8) is 0 Å². The number of hydrogen-bond donors (Lipinski definition) is 1. The van der Waals surface area contributed by atoms with E-state index in [1.807, 2.05) is 25.1 Å². The van der Waals surface area contributed by atoms with E-state index in [0.29, 0.717) is 18.0 Å². The van der Waals surface area contributed by atoms with Crippen molar-refractivity contribution in [3.8, 4) is 0 Å². The van der Waals surface area contributed by atoms with Gasteiger partial charge in [-0.15, -0.1) is 0 Å². The Morgan fingerprint density at radius 1 is 1.04 bits per heavy atom. The molecule has 0 bridgehead atoms. The van der Waals surface area contributed by atoms with Crippen molar-refractivity contribution >= 4 is 15.7 Å². The Hall–Kier alpha value is -1.85.